The third kappa shape index (κ3) is 6.88. The minimum absolute atomic E-state index is 0.0152. The van der Waals surface area contributed by atoms with E-state index in [0.717, 1.165) is 56.2 Å². The van der Waals surface area contributed by atoms with Crippen LogP contribution in [0.15, 0.2) is 35.5 Å². The molecule has 0 unspecified atom stereocenters. The van der Waals surface area contributed by atoms with Gasteiger partial charge in [0.1, 0.15) is 11.0 Å². The van der Waals surface area contributed by atoms with Gasteiger partial charge < -0.3 is 10.2 Å². The van der Waals surface area contributed by atoms with Gasteiger partial charge in [0.2, 0.25) is 0 Å². The number of anilines is 1. The van der Waals surface area contributed by atoms with E-state index in [1.165, 1.54) is 12.8 Å². The zero-order chi connectivity index (χ0) is 21.3. The molecule has 2 heterocycles. The van der Waals surface area contributed by atoms with Crippen LogP contribution in [0, 0.1) is 5.92 Å². The van der Waals surface area contributed by atoms with Gasteiger partial charge in [0, 0.05) is 37.0 Å². The molecule has 0 saturated carbocycles. The third-order valence-electron chi connectivity index (χ3n) is 5.39. The van der Waals surface area contributed by atoms with Crippen molar-refractivity contribution in [3.05, 3.63) is 46.6 Å². The van der Waals surface area contributed by atoms with Crippen molar-refractivity contribution in [3.63, 3.8) is 0 Å². The summed E-state index contributed by atoms with van der Waals surface area (Å²) in [5.41, 5.74) is 1.76. The molecule has 2 aromatic rings. The van der Waals surface area contributed by atoms with Gasteiger partial charge in [0.25, 0.3) is 5.91 Å². The van der Waals surface area contributed by atoms with Crippen LogP contribution in [-0.4, -0.2) is 35.5 Å². The molecule has 5 nitrogen and oxygen atoms in total. The smallest absolute Gasteiger partial charge is 0.251 e. The number of nitrogens with one attached hydrogen (secondary N) is 1. The zero-order valence-electron chi connectivity index (χ0n) is 17.9. The summed E-state index contributed by atoms with van der Waals surface area (Å²) in [6.45, 7) is 7.19. The lowest BCUT2D eigenvalue weighted by Gasteiger charge is -2.31. The molecule has 0 atom stereocenters. The Bertz CT molecular complexity index is 840. The standard InChI is InChI=1S/C23H31ClN4OS/c1-3-4-5-11-25-22(29)19-8-6-7-18(14-19)16-30-23-26-20(24)15-21(27-23)28-12-9-17(2)10-13-28/h6-8,14-15,17H,3-5,9-13,16H2,1-2H3,(H,25,29). The van der Waals surface area contributed by atoms with Gasteiger partial charge in [-0.25, -0.2) is 9.97 Å². The second-order valence-corrected chi connectivity index (χ2v) is 9.28. The highest BCUT2D eigenvalue weighted by Gasteiger charge is 2.18. The van der Waals surface area contributed by atoms with Crippen LogP contribution in [-0.2, 0) is 5.75 Å². The average molecular weight is 447 g/mol. The molecule has 3 rings (SSSR count). The summed E-state index contributed by atoms with van der Waals surface area (Å²) in [7, 11) is 0. The van der Waals surface area contributed by atoms with E-state index in [0.29, 0.717) is 21.6 Å². The van der Waals surface area contributed by atoms with Gasteiger partial charge in [0.15, 0.2) is 5.16 Å². The highest BCUT2D eigenvalue weighted by molar-refractivity contribution is 7.98. The largest absolute Gasteiger partial charge is 0.356 e. The number of unbranched alkanes of at least 4 members (excludes halogenated alkanes) is 2. The Morgan fingerprint density at radius 2 is 2.03 bits per heavy atom. The Balaban J connectivity index is 1.59. The summed E-state index contributed by atoms with van der Waals surface area (Å²) in [6, 6.07) is 9.60. The van der Waals surface area contributed by atoms with Gasteiger partial charge in [0.05, 0.1) is 0 Å². The van der Waals surface area contributed by atoms with E-state index in [1.54, 1.807) is 11.8 Å². The van der Waals surface area contributed by atoms with E-state index in [1.807, 2.05) is 30.3 Å². The molecule has 0 aliphatic carbocycles. The predicted octanol–water partition coefficient (Wildman–Crippen LogP) is 5.58. The van der Waals surface area contributed by atoms with Crippen molar-refractivity contribution in [2.24, 2.45) is 5.92 Å². The molecule has 1 aliphatic rings. The average Bonchev–Trinajstić information content (AvgIpc) is 2.75. The SMILES string of the molecule is CCCCCNC(=O)c1cccc(CSc2nc(Cl)cc(N3CCC(C)CC3)n2)c1. The van der Waals surface area contributed by atoms with Crippen molar-refractivity contribution in [1.82, 2.24) is 15.3 Å². The number of hydrogen-bond donors (Lipinski definition) is 1. The van der Waals surface area contributed by atoms with Crippen molar-refractivity contribution in [2.75, 3.05) is 24.5 Å². The Morgan fingerprint density at radius 1 is 1.23 bits per heavy atom. The molecule has 1 saturated heterocycles. The number of benzene rings is 1. The first kappa shape index (κ1) is 22.9. The molecular formula is C23H31ClN4OS. The van der Waals surface area contributed by atoms with Crippen molar-refractivity contribution in [3.8, 4) is 0 Å². The van der Waals surface area contributed by atoms with Gasteiger partial charge in [-0.2, -0.15) is 0 Å². The fourth-order valence-electron chi connectivity index (χ4n) is 3.48. The minimum Gasteiger partial charge on any atom is -0.356 e. The highest BCUT2D eigenvalue weighted by atomic mass is 35.5. The fourth-order valence-corrected chi connectivity index (χ4v) is 4.50. The van der Waals surface area contributed by atoms with Crippen LogP contribution in [0.4, 0.5) is 5.82 Å². The van der Waals surface area contributed by atoms with E-state index >= 15 is 0 Å². The number of hydrogen-bond acceptors (Lipinski definition) is 5. The Labute approximate surface area is 189 Å². The number of carbonyl (C=O) groups excluding carboxylic acids is 1. The molecule has 1 fully saturated rings. The Hall–Kier alpha value is -1.79. The number of thioether (sulfide) groups is 1. The van der Waals surface area contributed by atoms with Crippen LogP contribution in [0.5, 0.6) is 0 Å². The molecule has 30 heavy (non-hydrogen) atoms. The molecule has 0 spiro atoms. The maximum atomic E-state index is 12.4. The molecule has 1 N–H and O–H groups in total. The Morgan fingerprint density at radius 3 is 2.80 bits per heavy atom. The summed E-state index contributed by atoms with van der Waals surface area (Å²) in [4.78, 5) is 23.8. The van der Waals surface area contributed by atoms with Gasteiger partial charge in [-0.05, 0) is 42.9 Å². The van der Waals surface area contributed by atoms with Gasteiger partial charge in [-0.3, -0.25) is 4.79 Å². The third-order valence-corrected chi connectivity index (χ3v) is 6.50. The van der Waals surface area contributed by atoms with Crippen LogP contribution in [0.3, 0.4) is 0 Å². The van der Waals surface area contributed by atoms with Gasteiger partial charge in [-0.15, -0.1) is 0 Å². The van der Waals surface area contributed by atoms with E-state index in [9.17, 15) is 4.79 Å². The number of rotatable bonds is 9. The normalized spacial score (nSPS) is 14.7. The second-order valence-electron chi connectivity index (χ2n) is 7.95. The fraction of sp³-hybridized carbons (Fsp3) is 0.522. The van der Waals surface area contributed by atoms with E-state index in [4.69, 9.17) is 16.6 Å². The summed E-state index contributed by atoms with van der Waals surface area (Å²) in [5.74, 6) is 2.35. The first-order chi connectivity index (χ1) is 14.5. The molecule has 7 heteroatoms. The van der Waals surface area contributed by atoms with E-state index in [-0.39, 0.29) is 5.91 Å². The first-order valence-electron chi connectivity index (χ1n) is 10.8. The lowest BCUT2D eigenvalue weighted by atomic mass is 9.99. The molecule has 0 radical (unpaired) electrons. The van der Waals surface area contributed by atoms with Crippen molar-refractivity contribution in [1.29, 1.82) is 0 Å². The predicted molar refractivity (Wildman–Crippen MR) is 126 cm³/mol. The number of piperidine rings is 1. The molecule has 162 valence electrons. The lowest BCUT2D eigenvalue weighted by molar-refractivity contribution is 0.0953. The molecule has 1 amide bonds. The van der Waals surface area contributed by atoms with Crippen LogP contribution >= 0.6 is 23.4 Å². The maximum absolute atomic E-state index is 12.4. The number of amides is 1. The quantitative estimate of drug-likeness (QED) is 0.236. The molecule has 1 aromatic carbocycles. The molecule has 1 aromatic heterocycles. The van der Waals surface area contributed by atoms with E-state index in [2.05, 4.69) is 29.0 Å². The summed E-state index contributed by atoms with van der Waals surface area (Å²) >= 11 is 7.82. The lowest BCUT2D eigenvalue weighted by Crippen LogP contribution is -2.33. The summed E-state index contributed by atoms with van der Waals surface area (Å²) in [5, 5.41) is 4.14. The van der Waals surface area contributed by atoms with Gasteiger partial charge in [-0.1, -0.05) is 62.2 Å². The van der Waals surface area contributed by atoms with Gasteiger partial charge >= 0.3 is 0 Å². The maximum Gasteiger partial charge on any atom is 0.251 e. The number of halogens is 1. The molecule has 1 aliphatic heterocycles. The zero-order valence-corrected chi connectivity index (χ0v) is 19.4. The van der Waals surface area contributed by atoms with Crippen LogP contribution in [0.2, 0.25) is 5.15 Å². The van der Waals surface area contributed by atoms with Crippen LogP contribution in [0.25, 0.3) is 0 Å². The monoisotopic (exact) mass is 446 g/mol. The number of carbonyl (C=O) groups is 1. The minimum atomic E-state index is -0.0152. The van der Waals surface area contributed by atoms with Crippen LogP contribution < -0.4 is 10.2 Å². The van der Waals surface area contributed by atoms with E-state index < -0.39 is 0 Å². The highest BCUT2D eigenvalue weighted by Crippen LogP contribution is 2.27. The first-order valence-corrected chi connectivity index (χ1v) is 12.2. The van der Waals surface area contributed by atoms with Crippen molar-refractivity contribution >= 4 is 35.1 Å². The molecular weight excluding hydrogens is 416 g/mol. The second kappa shape index (κ2) is 11.6. The van der Waals surface area contributed by atoms with Crippen molar-refractivity contribution in [2.45, 2.75) is 56.9 Å². The number of nitrogens with zero attached hydrogens (tertiary/aromatic N) is 3. The van der Waals surface area contributed by atoms with Crippen LogP contribution in [0.1, 0.15) is 61.9 Å². The topological polar surface area (TPSA) is 58.1 Å². The Kier molecular flexibility index (Phi) is 8.82. The van der Waals surface area contributed by atoms with Crippen molar-refractivity contribution < 1.29 is 4.79 Å². The summed E-state index contributed by atoms with van der Waals surface area (Å²) in [6.07, 6.45) is 5.65. The summed E-state index contributed by atoms with van der Waals surface area (Å²) < 4.78 is 0. The molecule has 0 bridgehead atoms. The number of aromatic nitrogens is 2.